The van der Waals surface area contributed by atoms with Crippen molar-refractivity contribution >= 4 is 140 Å². The number of likely N-dealkylation sites (N-methyl/N-ethyl adjacent to an activating group) is 3. The first-order chi connectivity index (χ1) is 65.2. The fraction of sp³-hybridized carbons (Fsp3) is 0.538. The first-order valence-electron chi connectivity index (χ1n) is 46.2. The third-order valence-corrected chi connectivity index (χ3v) is 26.1. The first kappa shape index (κ1) is 107. The molecule has 16 atom stereocenters. The van der Waals surface area contributed by atoms with Crippen LogP contribution in [-0.2, 0) is 101 Å². The van der Waals surface area contributed by atoms with Crippen LogP contribution in [0.15, 0.2) is 97.7 Å². The van der Waals surface area contributed by atoms with Crippen LogP contribution >= 0.6 is 11.8 Å². The lowest BCUT2D eigenvalue weighted by atomic mass is 9.82. The second kappa shape index (κ2) is 50.9. The van der Waals surface area contributed by atoms with Crippen LogP contribution in [0.5, 0.6) is 5.75 Å². The van der Waals surface area contributed by atoms with Gasteiger partial charge in [0.05, 0.1) is 55.4 Å². The Kier molecular flexibility index (Phi) is 39.8. The van der Waals surface area contributed by atoms with Gasteiger partial charge in [-0.15, -0.1) is 11.8 Å². The van der Waals surface area contributed by atoms with Gasteiger partial charge in [-0.3, -0.25) is 86.9 Å². The standard InChI is InChI=1S/C93H130N22O21S/c1-10-12-25-72-86(130)104-64(24-18-32-98-93(95)96)83(127)110-71(82(126)101-44-77(94)120)47-137-48-78(121)103-67(35-53-28-30-56(117)31-29-53)88(132)111(7)52(6)80(124)106-69(40-79(122)123)90(134)114-33-19-27-73(114)87(131)105-65(37-55-42-97-49-102-55)84(128)107-66(34-50(3)4)91(135)115-45-57(118)38-75(115)76(119)39-60(51(5)61-43-100-63-23-17-15-21-59(61)63)81(125)109-70(46-116)85(129)108-68(36-54-41-99-62-22-16-14-20-58(54)62)89(133)113(9)74(26-13-11-2)92(136)112(72)8/h14-17,20-23,28-31,41-43,49-52,57,60,64-75,99-100,116-118H,10-13,18-19,24-27,32-40,44-48H2,1-9H3,(H2,94,120)(H,97,102)(H,101,126)(H,103,121)(H,104,130)(H,105,131)(H,106,124)(H,107,128)(H,108,129)(H,109,125)(H,110,127)(H,122,123)(H4,95,96,98)/t51-,52+,57-,60+,64+,65+,66+,67+,68+,69+,70+,71+,72+,73+,74+,75+/m1/s1. The van der Waals surface area contributed by atoms with Gasteiger partial charge in [0.25, 0.3) is 0 Å². The number of carboxylic acids is 1. The Labute approximate surface area is 796 Å². The normalized spacial score (nSPS) is 24.9. The van der Waals surface area contributed by atoms with Crippen molar-refractivity contribution in [3.05, 3.63) is 120 Å². The number of imidazole rings is 1. The number of carboxylic acid groups (broad SMARTS) is 1. The minimum absolute atomic E-state index is 0.0110. The van der Waals surface area contributed by atoms with Crippen molar-refractivity contribution in [3.8, 4) is 5.75 Å². The number of hydrogen-bond acceptors (Lipinski definition) is 23. The minimum Gasteiger partial charge on any atom is -0.508 e. The molecule has 3 aromatic carbocycles. The fourth-order valence-electron chi connectivity index (χ4n) is 17.4. The molecule has 43 nitrogen and oxygen atoms in total. The number of aliphatic hydroxyl groups excluding tert-OH is 2. The highest BCUT2D eigenvalue weighted by molar-refractivity contribution is 8.00. The maximum absolute atomic E-state index is 15.8. The van der Waals surface area contributed by atoms with E-state index in [1.807, 2.05) is 13.8 Å². The molecule has 44 heteroatoms. The molecule has 3 aliphatic rings. The number of Topliss-reactive ketones (excluding diaryl/α,β-unsaturated/α-hetero) is 1. The van der Waals surface area contributed by atoms with Gasteiger partial charge in [-0.2, -0.15) is 0 Å². The number of hydrogen-bond donors (Lipinski definition) is 20. The van der Waals surface area contributed by atoms with Crippen molar-refractivity contribution in [1.82, 2.24) is 97.6 Å². The number of ketones is 1. The van der Waals surface area contributed by atoms with Crippen molar-refractivity contribution < 1.29 is 102 Å². The highest BCUT2D eigenvalue weighted by Crippen LogP contribution is 2.36. The first-order valence-corrected chi connectivity index (χ1v) is 47.3. The molecule has 137 heavy (non-hydrogen) atoms. The predicted molar refractivity (Wildman–Crippen MR) is 504 cm³/mol. The number of guanidine groups is 1. The monoisotopic (exact) mass is 1920 g/mol. The van der Waals surface area contributed by atoms with Crippen molar-refractivity contribution in [2.24, 2.45) is 23.3 Å². The lowest BCUT2D eigenvalue weighted by Gasteiger charge is -2.36. The van der Waals surface area contributed by atoms with E-state index in [1.165, 1.54) is 64.9 Å². The number of H-pyrrole nitrogens is 3. The molecular weight excluding hydrogens is 1790 g/mol. The summed E-state index contributed by atoms with van der Waals surface area (Å²) in [5.74, 6) is -20.8. The molecule has 22 N–H and O–H groups in total. The van der Waals surface area contributed by atoms with Crippen LogP contribution in [0.2, 0.25) is 0 Å². The van der Waals surface area contributed by atoms with Gasteiger partial charge in [0, 0.05) is 119 Å². The zero-order chi connectivity index (χ0) is 100. The summed E-state index contributed by atoms with van der Waals surface area (Å²) in [4.78, 5) is 270. The Bertz CT molecular complexity index is 5280. The molecule has 6 heterocycles. The van der Waals surface area contributed by atoms with Crippen molar-refractivity contribution in [1.29, 1.82) is 5.41 Å². The molecule has 3 fully saturated rings. The van der Waals surface area contributed by atoms with E-state index >= 15 is 38.4 Å². The SMILES string of the molecule is CCCC[C@H]1C(=O)N(C)[C@@H](CCCC)C(=O)N[C@@H](CCCNC(=N)N)C(=O)N[C@H](C(=O)NCC(N)=O)CSCC(=O)N[C@@H](Cc2ccc(O)cc2)C(=O)N(C)[C@@H](C)C(=O)N[C@@H](CC(=O)O)C(=O)N2CCC[C@H]2C(=O)N[C@@H](Cc2c[nH]cn2)C(=O)N[C@@H](CC(C)C)C(=O)N2C[C@H](O)C[C@H]2C(=O)C[C@@H]([C@@H](C)c2c[nH]c3ccccc23)C(=O)N[C@@H](CO)C(=O)N[C@@H](Cc2c[nH]c3ccccc23)C(=O)N1C. The molecule has 6 aromatic rings. The number of unbranched alkanes of at least 4 members (excludes halogenated alkanes) is 2. The lowest BCUT2D eigenvalue weighted by molar-refractivity contribution is -0.149. The smallest absolute Gasteiger partial charge is 0.305 e. The summed E-state index contributed by atoms with van der Waals surface area (Å²) in [6, 6.07) is -0.673. The number of phenols is 1. The van der Waals surface area contributed by atoms with Crippen molar-refractivity contribution in [2.75, 3.05) is 65.4 Å². The minimum atomic E-state index is -1.91. The second-order valence-corrected chi connectivity index (χ2v) is 36.6. The topological polar surface area (TPSA) is 644 Å². The molecule has 3 aromatic heterocycles. The second-order valence-electron chi connectivity index (χ2n) is 35.6. The van der Waals surface area contributed by atoms with Crippen LogP contribution in [0.4, 0.5) is 0 Å². The van der Waals surface area contributed by atoms with Gasteiger partial charge in [0.2, 0.25) is 88.6 Å². The summed E-state index contributed by atoms with van der Waals surface area (Å²) in [6.07, 6.45) is 3.15. The number of aromatic nitrogens is 4. The number of aliphatic hydroxyl groups is 2. The number of fused-ring (bicyclic) bond motifs is 4. The van der Waals surface area contributed by atoms with Gasteiger partial charge in [-0.1, -0.05) is 109 Å². The molecule has 0 aliphatic carbocycles. The Morgan fingerprint density at radius 2 is 1.19 bits per heavy atom. The van der Waals surface area contributed by atoms with E-state index in [2.05, 4.69) is 73.1 Å². The Morgan fingerprint density at radius 1 is 0.599 bits per heavy atom. The van der Waals surface area contributed by atoms with E-state index in [4.69, 9.17) is 16.9 Å². The van der Waals surface area contributed by atoms with Gasteiger partial charge >= 0.3 is 5.97 Å². The van der Waals surface area contributed by atoms with Gasteiger partial charge in [-0.05, 0) is 105 Å². The number of carbonyl (C=O) groups excluding carboxylic acids is 16. The number of benzene rings is 3. The largest absolute Gasteiger partial charge is 0.508 e. The van der Waals surface area contributed by atoms with Crippen molar-refractivity contribution in [3.63, 3.8) is 0 Å². The summed E-state index contributed by atoms with van der Waals surface area (Å²) in [6.45, 7) is 7.65. The molecule has 9 rings (SSSR count). The van der Waals surface area contributed by atoms with Crippen LogP contribution in [0, 0.1) is 17.2 Å². The molecular formula is C93H130N22O21S. The Morgan fingerprint density at radius 3 is 1.84 bits per heavy atom. The summed E-state index contributed by atoms with van der Waals surface area (Å²) in [5, 5.41) is 78.9. The third kappa shape index (κ3) is 29.5. The van der Waals surface area contributed by atoms with Gasteiger partial charge in [0.1, 0.15) is 78.3 Å². The molecule has 744 valence electrons. The van der Waals surface area contributed by atoms with Crippen LogP contribution in [-0.4, -0.2) is 321 Å². The van der Waals surface area contributed by atoms with E-state index in [1.54, 1.807) is 81.7 Å². The van der Waals surface area contributed by atoms with E-state index in [0.717, 1.165) is 36.3 Å². The van der Waals surface area contributed by atoms with Gasteiger partial charge in [-0.25, -0.2) is 4.98 Å². The van der Waals surface area contributed by atoms with Gasteiger partial charge in [0.15, 0.2) is 11.7 Å². The maximum atomic E-state index is 15.8. The molecule has 0 spiro atoms. The Hall–Kier alpha value is -13.5. The van der Waals surface area contributed by atoms with E-state index < -0.39 is 247 Å². The Balaban J connectivity index is 1.11. The summed E-state index contributed by atoms with van der Waals surface area (Å²) >= 11 is 0.752. The summed E-state index contributed by atoms with van der Waals surface area (Å²) in [5.41, 5.74) is 14.0. The number of aliphatic carboxylic acids is 1. The zero-order valence-electron chi connectivity index (χ0n) is 78.5. The number of phenolic OH excluding ortho intramolecular Hbond substituents is 1. The van der Waals surface area contributed by atoms with Crippen LogP contribution in [0.25, 0.3) is 21.8 Å². The number of nitrogens with zero attached hydrogens (tertiary/aromatic N) is 6. The molecule has 0 bridgehead atoms. The number of rotatable bonds is 26. The van der Waals surface area contributed by atoms with Gasteiger partial charge < -0.3 is 125 Å². The molecule has 0 radical (unpaired) electrons. The van der Waals surface area contributed by atoms with Crippen LogP contribution in [0.1, 0.15) is 160 Å². The zero-order valence-corrected chi connectivity index (χ0v) is 79.3. The number of para-hydroxylation sites is 2. The predicted octanol–water partition coefficient (Wildman–Crippen LogP) is -0.678. The molecule has 0 unspecified atom stereocenters. The number of amides is 15. The molecule has 3 aliphatic heterocycles. The van der Waals surface area contributed by atoms with E-state index in [0.29, 0.717) is 64.2 Å². The van der Waals surface area contributed by atoms with Crippen molar-refractivity contribution in [2.45, 2.75) is 241 Å². The number of carbonyl (C=O) groups is 17. The number of aromatic hydroxyl groups is 1. The van der Waals surface area contributed by atoms with Crippen LogP contribution in [0.3, 0.4) is 0 Å². The quantitative estimate of drug-likeness (QED) is 0.0182. The maximum Gasteiger partial charge on any atom is 0.305 e. The number of primary amides is 1. The average molecular weight is 1920 g/mol. The highest BCUT2D eigenvalue weighted by atomic mass is 32.2. The summed E-state index contributed by atoms with van der Waals surface area (Å²) in [7, 11) is 3.89. The molecule has 15 amide bonds. The number of aromatic amines is 3. The third-order valence-electron chi connectivity index (χ3n) is 25.1. The number of nitrogens with one attached hydrogen (secondary N) is 14. The van der Waals surface area contributed by atoms with Crippen LogP contribution < -0.4 is 64.6 Å². The highest BCUT2D eigenvalue weighted by Gasteiger charge is 2.47. The number of thioether (sulfide) groups is 1. The van der Waals surface area contributed by atoms with E-state index in [9.17, 15) is 63.6 Å². The fourth-order valence-corrected chi connectivity index (χ4v) is 18.2. The number of nitrogens with two attached hydrogens (primary N) is 2. The molecule has 3 saturated heterocycles. The lowest BCUT2D eigenvalue weighted by Crippen LogP contribution is -2.61. The summed E-state index contributed by atoms with van der Waals surface area (Å²) < 4.78 is 0. The average Bonchev–Trinajstić information content (AvgIpc) is 1.05. The molecule has 0 saturated carbocycles. The van der Waals surface area contributed by atoms with E-state index in [-0.39, 0.29) is 101 Å².